The molecule has 0 aliphatic carbocycles. The Kier molecular flexibility index (Phi) is 2.45. The molecule has 2 aromatic rings. The fourth-order valence-corrected chi connectivity index (χ4v) is 1.77. The predicted octanol–water partition coefficient (Wildman–Crippen LogP) is 2.08. The number of benzene rings is 1. The molecule has 78 valence electrons. The highest BCUT2D eigenvalue weighted by Crippen LogP contribution is 2.26. The number of hydrogen-bond acceptors (Lipinski definition) is 5. The second-order valence-corrected chi connectivity index (χ2v) is 3.94. The second kappa shape index (κ2) is 3.63. The summed E-state index contributed by atoms with van der Waals surface area (Å²) in [4.78, 5) is 15.4. The summed E-state index contributed by atoms with van der Waals surface area (Å²) in [7, 11) is 0. The summed E-state index contributed by atoms with van der Waals surface area (Å²) < 4.78 is 6.05. The first-order valence-corrected chi connectivity index (χ1v) is 4.98. The Bertz CT molecular complexity index is 535. The zero-order valence-corrected chi connectivity index (χ0v) is 9.46. The third kappa shape index (κ3) is 1.73. The molecule has 0 amide bonds. The third-order valence-corrected chi connectivity index (χ3v) is 2.42. The number of carbonyl (C=O) groups excluding carboxylic acids is 1. The van der Waals surface area contributed by atoms with Gasteiger partial charge in [0, 0.05) is 4.47 Å². The van der Waals surface area contributed by atoms with E-state index in [1.54, 1.807) is 12.1 Å². The number of fused-ring (bicyclic) bond motifs is 1. The average molecular weight is 270 g/mol. The van der Waals surface area contributed by atoms with Crippen molar-refractivity contribution in [3.8, 4) is 0 Å². The Morgan fingerprint density at radius 3 is 2.93 bits per heavy atom. The first-order valence-electron chi connectivity index (χ1n) is 4.19. The van der Waals surface area contributed by atoms with Crippen molar-refractivity contribution < 1.29 is 9.21 Å². The number of ketones is 1. The topological polar surface area (TPSA) is 81.2 Å². The molecule has 1 aromatic carbocycles. The maximum atomic E-state index is 11.3. The van der Waals surface area contributed by atoms with Gasteiger partial charge in [0.05, 0.1) is 5.56 Å². The molecule has 0 aliphatic heterocycles. The van der Waals surface area contributed by atoms with Crippen molar-refractivity contribution in [1.82, 2.24) is 4.98 Å². The van der Waals surface area contributed by atoms with Gasteiger partial charge in [0.25, 0.3) is 0 Å². The number of nitrogens with one attached hydrogen (secondary N) is 1. The molecule has 1 aromatic heterocycles. The van der Waals surface area contributed by atoms with E-state index in [9.17, 15) is 4.79 Å². The molecule has 2 rings (SSSR count). The summed E-state index contributed by atoms with van der Waals surface area (Å²) in [5.41, 5.74) is 3.81. The van der Waals surface area contributed by atoms with Gasteiger partial charge in [-0.3, -0.25) is 10.2 Å². The standard InChI is InChI=1S/C9H8BrN3O2/c1-4(14)6-2-5(10)3-7-8(6)15-9(12-7)13-11/h2-3H,11H2,1H3,(H,12,13). The summed E-state index contributed by atoms with van der Waals surface area (Å²) in [6.45, 7) is 1.47. The van der Waals surface area contributed by atoms with Crippen LogP contribution in [0.1, 0.15) is 17.3 Å². The van der Waals surface area contributed by atoms with Gasteiger partial charge in [-0.15, -0.1) is 0 Å². The summed E-state index contributed by atoms with van der Waals surface area (Å²) in [5, 5.41) is 0. The molecule has 1 heterocycles. The fourth-order valence-electron chi connectivity index (χ4n) is 1.32. The Hall–Kier alpha value is -1.40. The lowest BCUT2D eigenvalue weighted by molar-refractivity contribution is 0.101. The summed E-state index contributed by atoms with van der Waals surface area (Å²) in [5.74, 6) is 5.09. The number of carbonyl (C=O) groups is 1. The molecule has 0 radical (unpaired) electrons. The molecular weight excluding hydrogens is 262 g/mol. The lowest BCUT2D eigenvalue weighted by Crippen LogP contribution is -2.06. The lowest BCUT2D eigenvalue weighted by Gasteiger charge is -1.96. The highest BCUT2D eigenvalue weighted by atomic mass is 79.9. The Balaban J connectivity index is 2.77. The second-order valence-electron chi connectivity index (χ2n) is 3.02. The first kappa shape index (κ1) is 10.1. The number of hydrazine groups is 1. The number of anilines is 1. The SMILES string of the molecule is CC(=O)c1cc(Br)cc2nc(NN)oc12. The van der Waals surface area contributed by atoms with Crippen molar-refractivity contribution in [2.24, 2.45) is 5.84 Å². The minimum absolute atomic E-state index is 0.0824. The first-order chi connectivity index (χ1) is 7.11. The average Bonchev–Trinajstić information content (AvgIpc) is 2.58. The molecule has 0 aliphatic rings. The highest BCUT2D eigenvalue weighted by Gasteiger charge is 2.13. The Labute approximate surface area is 93.7 Å². The van der Waals surface area contributed by atoms with Crippen LogP contribution < -0.4 is 11.3 Å². The Morgan fingerprint density at radius 2 is 2.33 bits per heavy atom. The lowest BCUT2D eigenvalue weighted by atomic mass is 10.1. The molecule has 6 heteroatoms. The number of aromatic nitrogens is 1. The van der Waals surface area contributed by atoms with E-state index in [0.29, 0.717) is 16.7 Å². The monoisotopic (exact) mass is 269 g/mol. The summed E-state index contributed by atoms with van der Waals surface area (Å²) in [6, 6.07) is 3.63. The largest absolute Gasteiger partial charge is 0.422 e. The van der Waals surface area contributed by atoms with Crippen LogP contribution in [0.15, 0.2) is 21.0 Å². The van der Waals surface area contributed by atoms with Gasteiger partial charge >= 0.3 is 6.01 Å². The third-order valence-electron chi connectivity index (χ3n) is 1.96. The fraction of sp³-hybridized carbons (Fsp3) is 0.111. The van der Waals surface area contributed by atoms with E-state index >= 15 is 0 Å². The number of oxazole rings is 1. The zero-order valence-electron chi connectivity index (χ0n) is 7.87. The molecule has 0 unspecified atom stereocenters. The molecule has 15 heavy (non-hydrogen) atoms. The van der Waals surface area contributed by atoms with Gasteiger partial charge in [0.2, 0.25) is 0 Å². The quantitative estimate of drug-likeness (QED) is 0.496. The number of rotatable bonds is 2. The highest BCUT2D eigenvalue weighted by molar-refractivity contribution is 9.10. The molecule has 5 nitrogen and oxygen atoms in total. The number of Topliss-reactive ketones (excluding diaryl/α,β-unsaturated/α-hetero) is 1. The van der Waals surface area contributed by atoms with Crippen LogP contribution >= 0.6 is 15.9 Å². The van der Waals surface area contributed by atoms with Crippen LogP contribution in [0.25, 0.3) is 11.1 Å². The number of nitrogens with zero attached hydrogens (tertiary/aromatic N) is 1. The van der Waals surface area contributed by atoms with Crippen molar-refractivity contribution >= 4 is 38.8 Å². The van der Waals surface area contributed by atoms with Gasteiger partial charge in [-0.2, -0.15) is 4.98 Å². The van der Waals surface area contributed by atoms with Crippen LogP contribution in [0.5, 0.6) is 0 Å². The molecule has 0 spiro atoms. The minimum Gasteiger partial charge on any atom is -0.422 e. The van der Waals surface area contributed by atoms with Crippen LogP contribution in [-0.4, -0.2) is 10.8 Å². The molecule has 3 N–H and O–H groups in total. The van der Waals surface area contributed by atoms with Crippen LogP contribution in [0, 0.1) is 0 Å². The van der Waals surface area contributed by atoms with E-state index < -0.39 is 0 Å². The van der Waals surface area contributed by atoms with Gasteiger partial charge < -0.3 is 4.42 Å². The van der Waals surface area contributed by atoms with E-state index in [1.807, 2.05) is 0 Å². The smallest absolute Gasteiger partial charge is 0.310 e. The van der Waals surface area contributed by atoms with E-state index in [1.165, 1.54) is 6.92 Å². The van der Waals surface area contributed by atoms with Crippen molar-refractivity contribution in [1.29, 1.82) is 0 Å². The van der Waals surface area contributed by atoms with Gasteiger partial charge in [0.15, 0.2) is 11.4 Å². The van der Waals surface area contributed by atoms with Crippen molar-refractivity contribution in [3.63, 3.8) is 0 Å². The van der Waals surface area contributed by atoms with Crippen molar-refractivity contribution in [3.05, 3.63) is 22.2 Å². The maximum Gasteiger partial charge on any atom is 0.310 e. The van der Waals surface area contributed by atoms with Crippen LogP contribution in [-0.2, 0) is 0 Å². The number of nitrogen functional groups attached to an aromatic ring is 1. The minimum atomic E-state index is -0.0824. The molecule has 0 bridgehead atoms. The molecule has 0 atom stereocenters. The van der Waals surface area contributed by atoms with Gasteiger partial charge in [-0.1, -0.05) is 15.9 Å². The zero-order chi connectivity index (χ0) is 11.0. The van der Waals surface area contributed by atoms with Crippen LogP contribution in [0.3, 0.4) is 0 Å². The number of halogens is 1. The van der Waals surface area contributed by atoms with Crippen LogP contribution in [0.2, 0.25) is 0 Å². The number of hydrogen-bond donors (Lipinski definition) is 2. The van der Waals surface area contributed by atoms with Crippen molar-refractivity contribution in [2.75, 3.05) is 5.43 Å². The van der Waals surface area contributed by atoms with Gasteiger partial charge in [0.1, 0.15) is 5.52 Å². The molecular formula is C9H8BrN3O2. The normalized spacial score (nSPS) is 10.6. The molecule has 0 fully saturated rings. The van der Waals surface area contributed by atoms with Gasteiger partial charge in [-0.05, 0) is 19.1 Å². The molecule has 0 saturated heterocycles. The van der Waals surface area contributed by atoms with E-state index in [2.05, 4.69) is 26.3 Å². The predicted molar refractivity (Wildman–Crippen MR) is 59.5 cm³/mol. The van der Waals surface area contributed by atoms with Crippen molar-refractivity contribution in [2.45, 2.75) is 6.92 Å². The summed E-state index contributed by atoms with van der Waals surface area (Å²) >= 11 is 3.30. The summed E-state index contributed by atoms with van der Waals surface area (Å²) in [6.07, 6.45) is 0. The van der Waals surface area contributed by atoms with E-state index in [-0.39, 0.29) is 11.8 Å². The van der Waals surface area contributed by atoms with E-state index in [0.717, 1.165) is 4.47 Å². The van der Waals surface area contributed by atoms with Crippen LogP contribution in [0.4, 0.5) is 6.01 Å². The number of nitrogens with two attached hydrogens (primary N) is 1. The Morgan fingerprint density at radius 1 is 1.60 bits per heavy atom. The van der Waals surface area contributed by atoms with Gasteiger partial charge in [-0.25, -0.2) is 5.84 Å². The maximum absolute atomic E-state index is 11.3. The van der Waals surface area contributed by atoms with E-state index in [4.69, 9.17) is 10.3 Å². The molecule has 0 saturated carbocycles.